The van der Waals surface area contributed by atoms with E-state index in [0.29, 0.717) is 44.9 Å². The van der Waals surface area contributed by atoms with Crippen LogP contribution in [0.5, 0.6) is 0 Å². The van der Waals surface area contributed by atoms with Crippen LogP contribution in [-0.2, 0) is 12.0 Å². The topological polar surface area (TPSA) is 91.2 Å². The minimum atomic E-state index is -1.23. The summed E-state index contributed by atoms with van der Waals surface area (Å²) in [7, 11) is 0. The molecular weight excluding hydrogens is 486 g/mol. The molecule has 9 heteroatoms. The summed E-state index contributed by atoms with van der Waals surface area (Å²) in [4.78, 5) is 12.8. The number of nitrogens with one attached hydrogen (secondary N) is 1. The molecule has 2 aromatic heterocycles. The molecule has 6 nitrogen and oxygen atoms in total. The molecule has 4 rings (SSSR count). The Morgan fingerprint density at radius 2 is 1.78 bits per heavy atom. The lowest BCUT2D eigenvalue weighted by Gasteiger charge is -2.21. The number of pyridine rings is 1. The number of rotatable bonds is 7. The molecule has 0 spiro atoms. The highest BCUT2D eigenvalue weighted by Crippen LogP contribution is 2.38. The van der Waals surface area contributed by atoms with E-state index in [1.54, 1.807) is 45.9 Å². The Morgan fingerprint density at radius 3 is 2.42 bits per heavy atom. The van der Waals surface area contributed by atoms with E-state index < -0.39 is 23.3 Å². The van der Waals surface area contributed by atoms with Gasteiger partial charge in [0.2, 0.25) is 0 Å². The van der Waals surface area contributed by atoms with Crippen LogP contribution in [0.25, 0.3) is 22.0 Å². The van der Waals surface area contributed by atoms with E-state index in [1.807, 2.05) is 0 Å². The van der Waals surface area contributed by atoms with Crippen molar-refractivity contribution in [1.82, 2.24) is 15.0 Å². The summed E-state index contributed by atoms with van der Waals surface area (Å²) in [6, 6.07) is 7.16. The predicted octanol–water partition coefficient (Wildman–Crippen LogP) is 5.87. The molecule has 188 valence electrons. The molecule has 0 amide bonds. The second-order valence-electron chi connectivity index (χ2n) is 9.29. The van der Waals surface area contributed by atoms with E-state index >= 15 is 4.39 Å². The first-order valence-corrected chi connectivity index (χ1v) is 11.9. The summed E-state index contributed by atoms with van der Waals surface area (Å²) in [6.45, 7) is 6.61. The summed E-state index contributed by atoms with van der Waals surface area (Å²) in [5.41, 5.74) is 2.02. The summed E-state index contributed by atoms with van der Waals surface area (Å²) >= 11 is 6.64. The lowest BCUT2D eigenvalue weighted by molar-refractivity contribution is 0.0687. The maximum Gasteiger partial charge on any atom is 0.159 e. The summed E-state index contributed by atoms with van der Waals surface area (Å²) in [5, 5.41) is 23.5. The zero-order valence-corrected chi connectivity index (χ0v) is 21.2. The molecule has 0 bridgehead atoms. The lowest BCUT2D eigenvalue weighted by atomic mass is 10.0. The molecule has 2 aromatic carbocycles. The number of aliphatic hydroxyl groups is 2. The smallest absolute Gasteiger partial charge is 0.159 e. The molecule has 0 aliphatic carbocycles. The van der Waals surface area contributed by atoms with Crippen molar-refractivity contribution in [2.45, 2.75) is 45.8 Å². The Morgan fingerprint density at radius 1 is 1.08 bits per heavy atom. The van der Waals surface area contributed by atoms with E-state index in [-0.39, 0.29) is 18.0 Å². The van der Waals surface area contributed by atoms with Gasteiger partial charge in [-0.05, 0) is 51.8 Å². The molecule has 0 saturated carbocycles. The highest BCUT2D eigenvalue weighted by molar-refractivity contribution is 6.35. The van der Waals surface area contributed by atoms with E-state index in [1.165, 1.54) is 24.5 Å². The van der Waals surface area contributed by atoms with Crippen LogP contribution in [0.2, 0.25) is 5.02 Å². The van der Waals surface area contributed by atoms with Gasteiger partial charge in [0.25, 0.3) is 0 Å². The number of aliphatic hydroxyl groups excluding tert-OH is 1. The number of halogens is 3. The monoisotopic (exact) mass is 512 g/mol. The molecule has 0 aliphatic heterocycles. The van der Waals surface area contributed by atoms with Crippen molar-refractivity contribution in [3.05, 3.63) is 82.0 Å². The first-order valence-electron chi connectivity index (χ1n) is 11.5. The van der Waals surface area contributed by atoms with Crippen molar-refractivity contribution in [2.24, 2.45) is 0 Å². The van der Waals surface area contributed by atoms with Gasteiger partial charge in [0.05, 0.1) is 28.0 Å². The molecule has 36 heavy (non-hydrogen) atoms. The van der Waals surface area contributed by atoms with Crippen LogP contribution in [0.3, 0.4) is 0 Å². The number of anilines is 1. The molecule has 0 fully saturated rings. The second kappa shape index (κ2) is 10.0. The second-order valence-corrected chi connectivity index (χ2v) is 9.66. The van der Waals surface area contributed by atoms with Crippen molar-refractivity contribution < 1.29 is 19.0 Å². The van der Waals surface area contributed by atoms with Crippen LogP contribution in [0.15, 0.2) is 42.7 Å². The van der Waals surface area contributed by atoms with E-state index in [4.69, 9.17) is 11.6 Å². The molecule has 0 aliphatic rings. The lowest BCUT2D eigenvalue weighted by Crippen LogP contribution is -2.19. The molecule has 3 N–H and O–H groups in total. The first kappa shape index (κ1) is 25.9. The van der Waals surface area contributed by atoms with Crippen LogP contribution >= 0.6 is 11.6 Å². The summed E-state index contributed by atoms with van der Waals surface area (Å²) in [6.07, 6.45) is 3.31. The Kier molecular flexibility index (Phi) is 7.22. The van der Waals surface area contributed by atoms with Gasteiger partial charge >= 0.3 is 0 Å². The SMILES string of the molecule is Cc1nc2cc(F)c(-c3cnc(C(C)(C)O)nc3)cc2c(NC(C)c2cc(CCO)ccc2F)c1Cl. The summed E-state index contributed by atoms with van der Waals surface area (Å²) in [5.74, 6) is -0.689. The zero-order chi connectivity index (χ0) is 26.2. The molecule has 0 radical (unpaired) electrons. The van der Waals surface area contributed by atoms with Gasteiger partial charge in [-0.3, -0.25) is 4.98 Å². The van der Waals surface area contributed by atoms with E-state index in [2.05, 4.69) is 20.3 Å². The van der Waals surface area contributed by atoms with Crippen molar-refractivity contribution in [1.29, 1.82) is 0 Å². The molecule has 1 atom stereocenters. The van der Waals surface area contributed by atoms with Crippen LogP contribution in [-0.4, -0.2) is 31.8 Å². The van der Waals surface area contributed by atoms with Crippen LogP contribution in [0.4, 0.5) is 14.5 Å². The van der Waals surface area contributed by atoms with Gasteiger partial charge in [0.15, 0.2) is 5.82 Å². The quantitative estimate of drug-likeness (QED) is 0.287. The van der Waals surface area contributed by atoms with Crippen molar-refractivity contribution >= 4 is 28.2 Å². The van der Waals surface area contributed by atoms with Crippen molar-refractivity contribution in [3.8, 4) is 11.1 Å². The van der Waals surface area contributed by atoms with E-state index in [9.17, 15) is 14.6 Å². The first-order chi connectivity index (χ1) is 17.0. The van der Waals surface area contributed by atoms with Gasteiger partial charge in [0.1, 0.15) is 17.2 Å². The Labute approximate surface area is 213 Å². The molecule has 0 saturated heterocycles. The van der Waals surface area contributed by atoms with Gasteiger partial charge in [-0.25, -0.2) is 18.7 Å². The largest absolute Gasteiger partial charge is 0.396 e. The number of hydrogen-bond acceptors (Lipinski definition) is 6. The highest BCUT2D eigenvalue weighted by Gasteiger charge is 2.21. The average Bonchev–Trinajstić information content (AvgIpc) is 2.82. The number of aromatic nitrogens is 3. The Hall–Kier alpha value is -3.20. The van der Waals surface area contributed by atoms with E-state index in [0.717, 1.165) is 5.56 Å². The van der Waals surface area contributed by atoms with Crippen molar-refractivity contribution in [3.63, 3.8) is 0 Å². The van der Waals surface area contributed by atoms with Crippen molar-refractivity contribution in [2.75, 3.05) is 11.9 Å². The maximum atomic E-state index is 15.1. The number of nitrogens with zero attached hydrogens (tertiary/aromatic N) is 3. The number of hydrogen-bond donors (Lipinski definition) is 3. The third-order valence-corrected chi connectivity index (χ3v) is 6.44. The summed E-state index contributed by atoms with van der Waals surface area (Å²) < 4.78 is 29.8. The fourth-order valence-electron chi connectivity index (χ4n) is 4.03. The minimum Gasteiger partial charge on any atom is -0.396 e. The van der Waals surface area contributed by atoms with Gasteiger partial charge in [-0.2, -0.15) is 0 Å². The molecule has 4 aromatic rings. The van der Waals surface area contributed by atoms with Crippen LogP contribution < -0.4 is 5.32 Å². The zero-order valence-electron chi connectivity index (χ0n) is 20.4. The highest BCUT2D eigenvalue weighted by atomic mass is 35.5. The van der Waals surface area contributed by atoms with Gasteiger partial charge in [0, 0.05) is 47.1 Å². The fraction of sp³-hybridized carbons (Fsp3) is 0.296. The minimum absolute atomic E-state index is 0.0399. The maximum absolute atomic E-state index is 15.1. The normalized spacial score (nSPS) is 12.7. The molecule has 2 heterocycles. The number of fused-ring (bicyclic) bond motifs is 1. The van der Waals surface area contributed by atoms with Gasteiger partial charge in [-0.1, -0.05) is 23.7 Å². The van der Waals surface area contributed by atoms with Crippen LogP contribution in [0, 0.1) is 18.6 Å². The Balaban J connectivity index is 1.80. The third kappa shape index (κ3) is 5.16. The standard InChI is InChI=1S/C27H27ClF2N4O2/c1-14(18-9-16(7-8-35)5-6-21(18)29)34-25-20-10-19(17-12-31-26(32-13-17)27(3,4)36)22(30)11-23(20)33-15(2)24(25)28/h5-6,9-14,35-36H,7-8H2,1-4H3,(H,33,34). The van der Waals surface area contributed by atoms with Crippen LogP contribution in [0.1, 0.15) is 49.5 Å². The number of aryl methyl sites for hydroxylation is 1. The predicted molar refractivity (Wildman–Crippen MR) is 137 cm³/mol. The number of benzene rings is 2. The fourth-order valence-corrected chi connectivity index (χ4v) is 4.23. The average molecular weight is 513 g/mol. The molecular formula is C27H27ClF2N4O2. The Bertz CT molecular complexity index is 1420. The molecule has 1 unspecified atom stereocenters. The third-order valence-electron chi connectivity index (χ3n) is 5.98. The van der Waals surface area contributed by atoms with Gasteiger partial charge in [-0.15, -0.1) is 0 Å². The van der Waals surface area contributed by atoms with Gasteiger partial charge < -0.3 is 15.5 Å².